The van der Waals surface area contributed by atoms with E-state index in [-0.39, 0.29) is 10.7 Å². The van der Waals surface area contributed by atoms with Crippen molar-refractivity contribution in [1.29, 1.82) is 0 Å². The number of sulfone groups is 1. The van der Waals surface area contributed by atoms with Gasteiger partial charge in [-0.05, 0) is 31.9 Å². The number of ketones is 1. The maximum Gasteiger partial charge on any atom is 0.191 e. The Morgan fingerprint density at radius 2 is 1.65 bits per heavy atom. The third-order valence-corrected chi connectivity index (χ3v) is 6.24. The molecule has 2 rings (SSSR count). The normalized spacial score (nSPS) is 19.1. The SMILES string of the molecule is CC(=O)C1(S(=O)(=O)c2ccccc2)CCCC1. The Hall–Kier alpha value is -1.16. The lowest BCUT2D eigenvalue weighted by atomic mass is 10.0. The zero-order chi connectivity index (χ0) is 12.5. The zero-order valence-electron chi connectivity index (χ0n) is 9.85. The summed E-state index contributed by atoms with van der Waals surface area (Å²) in [5.41, 5.74) is 0. The highest BCUT2D eigenvalue weighted by Crippen LogP contribution is 2.41. The number of hydrogen-bond donors (Lipinski definition) is 0. The maximum absolute atomic E-state index is 12.6. The molecule has 1 aliphatic rings. The summed E-state index contributed by atoms with van der Waals surface area (Å²) >= 11 is 0. The van der Waals surface area contributed by atoms with Gasteiger partial charge >= 0.3 is 0 Å². The lowest BCUT2D eigenvalue weighted by Crippen LogP contribution is -2.42. The van der Waals surface area contributed by atoms with Gasteiger partial charge in [-0.25, -0.2) is 8.42 Å². The highest BCUT2D eigenvalue weighted by Gasteiger charge is 2.50. The van der Waals surface area contributed by atoms with E-state index < -0.39 is 14.6 Å². The third kappa shape index (κ3) is 1.80. The van der Waals surface area contributed by atoms with Crippen LogP contribution in [0.4, 0.5) is 0 Å². The van der Waals surface area contributed by atoms with Gasteiger partial charge in [0.1, 0.15) is 4.75 Å². The number of benzene rings is 1. The van der Waals surface area contributed by atoms with Crippen LogP contribution in [0, 0.1) is 0 Å². The molecule has 3 nitrogen and oxygen atoms in total. The van der Waals surface area contributed by atoms with Crippen LogP contribution in [0.1, 0.15) is 32.6 Å². The first kappa shape index (κ1) is 12.3. The van der Waals surface area contributed by atoms with Gasteiger partial charge in [0.15, 0.2) is 15.6 Å². The van der Waals surface area contributed by atoms with Gasteiger partial charge in [-0.15, -0.1) is 0 Å². The molecule has 0 radical (unpaired) electrons. The molecule has 17 heavy (non-hydrogen) atoms. The smallest absolute Gasteiger partial charge is 0.191 e. The summed E-state index contributed by atoms with van der Waals surface area (Å²) in [7, 11) is -3.55. The quantitative estimate of drug-likeness (QED) is 0.829. The lowest BCUT2D eigenvalue weighted by molar-refractivity contribution is -0.119. The van der Waals surface area contributed by atoms with Crippen LogP contribution >= 0.6 is 0 Å². The molecule has 0 saturated heterocycles. The van der Waals surface area contributed by atoms with Crippen LogP contribution in [0.25, 0.3) is 0 Å². The molecule has 92 valence electrons. The Bertz CT molecular complexity index is 511. The van der Waals surface area contributed by atoms with E-state index in [0.717, 1.165) is 12.8 Å². The zero-order valence-corrected chi connectivity index (χ0v) is 10.7. The molecule has 0 bridgehead atoms. The van der Waals surface area contributed by atoms with Gasteiger partial charge < -0.3 is 0 Å². The number of carbonyl (C=O) groups excluding carboxylic acids is 1. The van der Waals surface area contributed by atoms with Gasteiger partial charge in [-0.1, -0.05) is 31.0 Å². The van der Waals surface area contributed by atoms with Crippen LogP contribution in [0.2, 0.25) is 0 Å². The van der Waals surface area contributed by atoms with Crippen molar-refractivity contribution in [3.63, 3.8) is 0 Å². The molecule has 0 spiro atoms. The van der Waals surface area contributed by atoms with Crippen molar-refractivity contribution < 1.29 is 13.2 Å². The van der Waals surface area contributed by atoms with Gasteiger partial charge in [-0.3, -0.25) is 4.79 Å². The second-order valence-electron chi connectivity index (χ2n) is 4.57. The molecule has 4 heteroatoms. The fraction of sp³-hybridized carbons (Fsp3) is 0.462. The van der Waals surface area contributed by atoms with E-state index in [2.05, 4.69) is 0 Å². The summed E-state index contributed by atoms with van der Waals surface area (Å²) in [6.45, 7) is 1.39. The highest BCUT2D eigenvalue weighted by atomic mass is 32.2. The van der Waals surface area contributed by atoms with Crippen LogP contribution < -0.4 is 0 Å². The summed E-state index contributed by atoms with van der Waals surface area (Å²) < 4.78 is 24.0. The van der Waals surface area contributed by atoms with E-state index in [0.29, 0.717) is 12.8 Å². The predicted molar refractivity (Wildman–Crippen MR) is 65.5 cm³/mol. The Balaban J connectivity index is 2.55. The standard InChI is InChI=1S/C13H16O3S/c1-11(14)13(9-5-6-10-13)17(15,16)12-7-3-2-4-8-12/h2-4,7-8H,5-6,9-10H2,1H3. The summed E-state index contributed by atoms with van der Waals surface area (Å²) in [5, 5.41) is 0. The molecule has 0 atom stereocenters. The predicted octanol–water partition coefficient (Wildman–Crippen LogP) is 2.36. The summed E-state index contributed by atoms with van der Waals surface area (Å²) in [6.07, 6.45) is 2.54. The van der Waals surface area contributed by atoms with Crippen molar-refractivity contribution in [2.24, 2.45) is 0 Å². The van der Waals surface area contributed by atoms with E-state index in [1.54, 1.807) is 30.3 Å². The number of rotatable bonds is 3. The van der Waals surface area contributed by atoms with Crippen molar-refractivity contribution in [3.05, 3.63) is 30.3 Å². The van der Waals surface area contributed by atoms with Gasteiger partial charge in [0, 0.05) is 0 Å². The van der Waals surface area contributed by atoms with Crippen molar-refractivity contribution >= 4 is 15.6 Å². The monoisotopic (exact) mass is 252 g/mol. The van der Waals surface area contributed by atoms with Crippen LogP contribution in [0.15, 0.2) is 35.2 Å². The van der Waals surface area contributed by atoms with Crippen LogP contribution in [0.3, 0.4) is 0 Å². The Morgan fingerprint density at radius 1 is 1.12 bits per heavy atom. The maximum atomic E-state index is 12.6. The molecule has 0 amide bonds. The minimum atomic E-state index is -3.55. The van der Waals surface area contributed by atoms with Crippen molar-refractivity contribution in [1.82, 2.24) is 0 Å². The van der Waals surface area contributed by atoms with E-state index in [4.69, 9.17) is 0 Å². The topological polar surface area (TPSA) is 51.2 Å². The Labute approximate surface area is 102 Å². The summed E-state index contributed by atoms with van der Waals surface area (Å²) in [6, 6.07) is 8.29. The summed E-state index contributed by atoms with van der Waals surface area (Å²) in [5.74, 6) is -0.223. The molecule has 1 saturated carbocycles. The van der Waals surface area contributed by atoms with Crippen LogP contribution in [0.5, 0.6) is 0 Å². The van der Waals surface area contributed by atoms with E-state index in [9.17, 15) is 13.2 Å². The molecule has 0 aromatic heterocycles. The minimum Gasteiger partial charge on any atom is -0.298 e. The first-order valence-electron chi connectivity index (χ1n) is 5.81. The van der Waals surface area contributed by atoms with Crippen molar-refractivity contribution in [2.75, 3.05) is 0 Å². The van der Waals surface area contributed by atoms with E-state index >= 15 is 0 Å². The average molecular weight is 252 g/mol. The van der Waals surface area contributed by atoms with Crippen LogP contribution in [-0.4, -0.2) is 18.9 Å². The van der Waals surface area contributed by atoms with E-state index in [1.807, 2.05) is 0 Å². The molecule has 1 aromatic carbocycles. The average Bonchev–Trinajstić information content (AvgIpc) is 2.81. The second-order valence-corrected chi connectivity index (χ2v) is 6.83. The number of carbonyl (C=O) groups is 1. The lowest BCUT2D eigenvalue weighted by Gasteiger charge is -2.25. The number of Topliss-reactive ketones (excluding diaryl/α,β-unsaturated/α-hetero) is 1. The number of hydrogen-bond acceptors (Lipinski definition) is 3. The van der Waals surface area contributed by atoms with E-state index in [1.165, 1.54) is 6.92 Å². The molecule has 1 aromatic rings. The summed E-state index contributed by atoms with van der Waals surface area (Å²) in [4.78, 5) is 12.1. The fourth-order valence-corrected chi connectivity index (χ4v) is 4.75. The van der Waals surface area contributed by atoms with Gasteiger partial charge in [0.2, 0.25) is 0 Å². The third-order valence-electron chi connectivity index (χ3n) is 3.62. The minimum absolute atomic E-state index is 0.223. The Kier molecular flexibility index (Phi) is 3.08. The first-order chi connectivity index (χ1) is 8.01. The van der Waals surface area contributed by atoms with Crippen molar-refractivity contribution in [2.45, 2.75) is 42.2 Å². The largest absolute Gasteiger partial charge is 0.298 e. The van der Waals surface area contributed by atoms with Gasteiger partial charge in [0.05, 0.1) is 4.90 Å². The van der Waals surface area contributed by atoms with Crippen molar-refractivity contribution in [3.8, 4) is 0 Å². The fourth-order valence-electron chi connectivity index (χ4n) is 2.58. The second kappa shape index (κ2) is 4.26. The molecular formula is C13H16O3S. The molecule has 1 aliphatic carbocycles. The molecular weight excluding hydrogens is 236 g/mol. The molecule has 0 unspecified atom stereocenters. The Morgan fingerprint density at radius 3 is 2.12 bits per heavy atom. The molecule has 1 fully saturated rings. The first-order valence-corrected chi connectivity index (χ1v) is 7.30. The van der Waals surface area contributed by atoms with Gasteiger partial charge in [-0.2, -0.15) is 0 Å². The molecule has 0 aliphatic heterocycles. The molecule has 0 N–H and O–H groups in total. The molecule has 0 heterocycles. The van der Waals surface area contributed by atoms with Gasteiger partial charge in [0.25, 0.3) is 0 Å². The highest BCUT2D eigenvalue weighted by molar-refractivity contribution is 7.93. The van der Waals surface area contributed by atoms with Crippen LogP contribution in [-0.2, 0) is 14.6 Å².